The van der Waals surface area contributed by atoms with E-state index >= 15 is 0 Å². The van der Waals surface area contributed by atoms with Crippen LogP contribution >= 0.6 is 0 Å². The molecule has 3 N–H and O–H groups in total. The Balaban J connectivity index is 1.30. The molecule has 1 aliphatic heterocycles. The van der Waals surface area contributed by atoms with Crippen molar-refractivity contribution in [3.63, 3.8) is 0 Å². The SMILES string of the molecule is CCN1CCN(c2ccc(NC(=O)CCCNC(=O)NC3CCCCC3)cc2)CC1. The lowest BCUT2D eigenvalue weighted by Crippen LogP contribution is -2.46. The van der Waals surface area contributed by atoms with Gasteiger partial charge in [0.05, 0.1) is 0 Å². The molecule has 7 nitrogen and oxygen atoms in total. The van der Waals surface area contributed by atoms with Gasteiger partial charge in [0.1, 0.15) is 0 Å². The number of rotatable bonds is 8. The maximum atomic E-state index is 12.2. The number of hydrogen-bond acceptors (Lipinski definition) is 4. The van der Waals surface area contributed by atoms with E-state index in [4.69, 9.17) is 0 Å². The first kappa shape index (κ1) is 22.4. The van der Waals surface area contributed by atoms with Crippen LogP contribution in [-0.4, -0.2) is 62.1 Å². The van der Waals surface area contributed by atoms with Gasteiger partial charge in [0.25, 0.3) is 0 Å². The molecule has 1 saturated heterocycles. The van der Waals surface area contributed by atoms with Gasteiger partial charge < -0.3 is 25.8 Å². The summed E-state index contributed by atoms with van der Waals surface area (Å²) in [5.41, 5.74) is 2.02. The minimum atomic E-state index is -0.113. The van der Waals surface area contributed by atoms with E-state index in [1.54, 1.807) is 0 Å². The van der Waals surface area contributed by atoms with Crippen LogP contribution in [0.2, 0.25) is 0 Å². The van der Waals surface area contributed by atoms with Gasteiger partial charge >= 0.3 is 6.03 Å². The Morgan fingerprint density at radius 1 is 1.00 bits per heavy atom. The summed E-state index contributed by atoms with van der Waals surface area (Å²) in [6, 6.07) is 8.28. The number of benzene rings is 1. The third-order valence-corrected chi connectivity index (χ3v) is 6.14. The van der Waals surface area contributed by atoms with Crippen molar-refractivity contribution >= 4 is 23.3 Å². The number of nitrogens with one attached hydrogen (secondary N) is 3. The normalized spacial score (nSPS) is 18.1. The van der Waals surface area contributed by atoms with Crippen molar-refractivity contribution in [2.75, 3.05) is 49.5 Å². The number of amides is 3. The van der Waals surface area contributed by atoms with Gasteiger partial charge in [-0.05, 0) is 50.1 Å². The van der Waals surface area contributed by atoms with Crippen LogP contribution in [-0.2, 0) is 4.79 Å². The molecule has 1 heterocycles. The molecular weight excluding hydrogens is 378 g/mol. The smallest absolute Gasteiger partial charge is 0.315 e. The third-order valence-electron chi connectivity index (χ3n) is 6.14. The van der Waals surface area contributed by atoms with E-state index in [1.165, 1.54) is 24.9 Å². The largest absolute Gasteiger partial charge is 0.369 e. The Labute approximate surface area is 180 Å². The first-order chi connectivity index (χ1) is 14.6. The summed E-state index contributed by atoms with van der Waals surface area (Å²) < 4.78 is 0. The van der Waals surface area contributed by atoms with E-state index < -0.39 is 0 Å². The lowest BCUT2D eigenvalue weighted by molar-refractivity contribution is -0.116. The molecule has 1 aromatic carbocycles. The molecule has 0 unspecified atom stereocenters. The van der Waals surface area contributed by atoms with Gasteiger partial charge in [0.15, 0.2) is 0 Å². The molecule has 2 aliphatic rings. The number of carbonyl (C=O) groups is 2. The van der Waals surface area contributed by atoms with E-state index in [9.17, 15) is 9.59 Å². The number of likely N-dealkylation sites (N-methyl/N-ethyl adjacent to an activating group) is 1. The highest BCUT2D eigenvalue weighted by atomic mass is 16.2. The molecule has 0 aromatic heterocycles. The zero-order valence-electron chi connectivity index (χ0n) is 18.3. The second kappa shape index (κ2) is 11.8. The van der Waals surface area contributed by atoms with E-state index in [-0.39, 0.29) is 11.9 Å². The highest BCUT2D eigenvalue weighted by Crippen LogP contribution is 2.20. The number of nitrogens with zero attached hydrogens (tertiary/aromatic N) is 2. The standard InChI is InChI=1S/C23H37N5O2/c1-2-27-15-17-28(18-16-27)21-12-10-20(11-13-21)25-22(29)9-6-14-24-23(30)26-19-7-4-3-5-8-19/h10-13,19H,2-9,14-18H2,1H3,(H,25,29)(H2,24,26,30). The maximum Gasteiger partial charge on any atom is 0.315 e. The second-order valence-electron chi connectivity index (χ2n) is 8.36. The monoisotopic (exact) mass is 415 g/mol. The Bertz CT molecular complexity index is 665. The van der Waals surface area contributed by atoms with E-state index in [0.29, 0.717) is 25.4 Å². The summed E-state index contributed by atoms with van der Waals surface area (Å²) in [6.07, 6.45) is 6.83. The Kier molecular flexibility index (Phi) is 8.81. The van der Waals surface area contributed by atoms with Crippen molar-refractivity contribution < 1.29 is 9.59 Å². The van der Waals surface area contributed by atoms with Crippen molar-refractivity contribution in [2.45, 2.75) is 57.9 Å². The minimum Gasteiger partial charge on any atom is -0.369 e. The van der Waals surface area contributed by atoms with Crippen molar-refractivity contribution in [3.8, 4) is 0 Å². The number of hydrogen-bond donors (Lipinski definition) is 3. The maximum absolute atomic E-state index is 12.2. The quantitative estimate of drug-likeness (QED) is 0.570. The molecule has 0 spiro atoms. The molecule has 0 atom stereocenters. The number of piperazine rings is 1. The minimum absolute atomic E-state index is 0.0196. The number of anilines is 2. The molecule has 1 aromatic rings. The molecule has 1 saturated carbocycles. The summed E-state index contributed by atoms with van der Waals surface area (Å²) in [5, 5.41) is 8.84. The summed E-state index contributed by atoms with van der Waals surface area (Å²) in [6.45, 7) is 8.11. The predicted octanol–water partition coefficient (Wildman–Crippen LogP) is 3.18. The topological polar surface area (TPSA) is 76.7 Å². The first-order valence-electron chi connectivity index (χ1n) is 11.6. The molecule has 30 heavy (non-hydrogen) atoms. The van der Waals surface area contributed by atoms with E-state index in [2.05, 4.69) is 44.8 Å². The fourth-order valence-electron chi connectivity index (χ4n) is 4.24. The van der Waals surface area contributed by atoms with Crippen LogP contribution in [0.15, 0.2) is 24.3 Å². The molecule has 1 aliphatic carbocycles. The van der Waals surface area contributed by atoms with Gasteiger partial charge in [-0.1, -0.05) is 26.2 Å². The Morgan fingerprint density at radius 3 is 2.37 bits per heavy atom. The van der Waals surface area contributed by atoms with Crippen LogP contribution < -0.4 is 20.9 Å². The van der Waals surface area contributed by atoms with Crippen LogP contribution in [0.1, 0.15) is 51.9 Å². The van der Waals surface area contributed by atoms with Gasteiger partial charge in [0.2, 0.25) is 5.91 Å². The average Bonchev–Trinajstić information content (AvgIpc) is 2.78. The lowest BCUT2D eigenvalue weighted by Gasteiger charge is -2.35. The summed E-state index contributed by atoms with van der Waals surface area (Å²) >= 11 is 0. The van der Waals surface area contributed by atoms with Crippen LogP contribution in [0.3, 0.4) is 0 Å². The second-order valence-corrected chi connectivity index (χ2v) is 8.36. The molecule has 0 bridgehead atoms. The first-order valence-corrected chi connectivity index (χ1v) is 11.6. The zero-order chi connectivity index (χ0) is 21.2. The molecule has 0 radical (unpaired) electrons. The summed E-state index contributed by atoms with van der Waals surface area (Å²) in [7, 11) is 0. The molecule has 3 rings (SSSR count). The van der Waals surface area contributed by atoms with E-state index in [1.807, 2.05) is 12.1 Å². The highest BCUT2D eigenvalue weighted by molar-refractivity contribution is 5.90. The van der Waals surface area contributed by atoms with Gasteiger partial charge in [-0.2, -0.15) is 0 Å². The van der Waals surface area contributed by atoms with Crippen LogP contribution in [0, 0.1) is 0 Å². The number of carbonyl (C=O) groups excluding carboxylic acids is 2. The lowest BCUT2D eigenvalue weighted by atomic mass is 9.96. The Hall–Kier alpha value is -2.28. The molecule has 2 fully saturated rings. The van der Waals surface area contributed by atoms with Crippen molar-refractivity contribution in [2.24, 2.45) is 0 Å². The molecule has 7 heteroatoms. The van der Waals surface area contributed by atoms with Gasteiger partial charge in [-0.25, -0.2) is 4.79 Å². The van der Waals surface area contributed by atoms with Gasteiger partial charge in [-0.3, -0.25) is 4.79 Å². The molecule has 3 amide bonds. The van der Waals surface area contributed by atoms with Crippen molar-refractivity contribution in [1.29, 1.82) is 0 Å². The van der Waals surface area contributed by atoms with Gasteiger partial charge in [0, 0.05) is 56.6 Å². The zero-order valence-corrected chi connectivity index (χ0v) is 18.3. The predicted molar refractivity (Wildman–Crippen MR) is 122 cm³/mol. The van der Waals surface area contributed by atoms with Crippen LogP contribution in [0.4, 0.5) is 16.2 Å². The fraction of sp³-hybridized carbons (Fsp3) is 0.652. The molecule has 166 valence electrons. The number of urea groups is 1. The van der Waals surface area contributed by atoms with Crippen molar-refractivity contribution in [1.82, 2.24) is 15.5 Å². The van der Waals surface area contributed by atoms with Crippen molar-refractivity contribution in [3.05, 3.63) is 24.3 Å². The van der Waals surface area contributed by atoms with Crippen LogP contribution in [0.5, 0.6) is 0 Å². The summed E-state index contributed by atoms with van der Waals surface area (Å²) in [5.74, 6) is -0.0196. The average molecular weight is 416 g/mol. The van der Waals surface area contributed by atoms with Gasteiger partial charge in [-0.15, -0.1) is 0 Å². The fourth-order valence-corrected chi connectivity index (χ4v) is 4.24. The third kappa shape index (κ3) is 7.20. The molecular formula is C23H37N5O2. The summed E-state index contributed by atoms with van der Waals surface area (Å²) in [4.78, 5) is 28.9. The van der Waals surface area contributed by atoms with Crippen LogP contribution in [0.25, 0.3) is 0 Å². The Morgan fingerprint density at radius 2 is 1.70 bits per heavy atom. The highest BCUT2D eigenvalue weighted by Gasteiger charge is 2.16. The van der Waals surface area contributed by atoms with E-state index in [0.717, 1.165) is 51.3 Å².